The fraction of sp³-hybridized carbons (Fsp3) is 0.455. The number of ether oxygens (including phenoxy) is 1. The Morgan fingerprint density at radius 1 is 1.50 bits per heavy atom. The van der Waals surface area contributed by atoms with E-state index in [0.29, 0.717) is 17.9 Å². The Balaban J connectivity index is 1.99. The number of hydrogen-bond acceptors (Lipinski definition) is 6. The Kier molecular flexibility index (Phi) is 2.66. The summed E-state index contributed by atoms with van der Waals surface area (Å²) in [5.41, 5.74) is 6.42. The molecule has 0 aromatic carbocycles. The fourth-order valence-corrected chi connectivity index (χ4v) is 2.27. The fourth-order valence-electron chi connectivity index (χ4n) is 2.27. The molecule has 2 aromatic heterocycles. The van der Waals surface area contributed by atoms with Crippen molar-refractivity contribution in [3.8, 4) is 0 Å². The summed E-state index contributed by atoms with van der Waals surface area (Å²) < 4.78 is 7.37. The Morgan fingerprint density at radius 3 is 3.06 bits per heavy atom. The van der Waals surface area contributed by atoms with E-state index >= 15 is 0 Å². The highest BCUT2D eigenvalue weighted by Crippen LogP contribution is 2.31. The van der Waals surface area contributed by atoms with Crippen molar-refractivity contribution in [3.63, 3.8) is 0 Å². The standard InChI is InChI=1S/C11H14N4O3/c12-10-6-1-2-15(11(6)14-5-13-10)9-3-7(17)8(4-16)18-9/h1-2,5,7-9,16-17H,3-4H2,(H2,12,13,14)/t7-,8+,9?/m0/s1. The Morgan fingerprint density at radius 2 is 2.33 bits per heavy atom. The van der Waals surface area contributed by atoms with E-state index in [1.54, 1.807) is 10.8 Å². The van der Waals surface area contributed by atoms with Crippen LogP contribution in [0.5, 0.6) is 0 Å². The van der Waals surface area contributed by atoms with Crippen LogP contribution in [0.4, 0.5) is 5.82 Å². The van der Waals surface area contributed by atoms with Crippen LogP contribution in [0.3, 0.4) is 0 Å². The molecule has 18 heavy (non-hydrogen) atoms. The molecule has 3 atom stereocenters. The van der Waals surface area contributed by atoms with Crippen molar-refractivity contribution >= 4 is 16.9 Å². The lowest BCUT2D eigenvalue weighted by Gasteiger charge is -2.14. The molecule has 96 valence electrons. The summed E-state index contributed by atoms with van der Waals surface area (Å²) in [5, 5.41) is 19.6. The van der Waals surface area contributed by atoms with Crippen LogP contribution in [0.1, 0.15) is 12.6 Å². The normalized spacial score (nSPS) is 28.0. The molecule has 1 unspecified atom stereocenters. The van der Waals surface area contributed by atoms with Gasteiger partial charge in [0.05, 0.1) is 18.1 Å². The molecular formula is C11H14N4O3. The summed E-state index contributed by atoms with van der Waals surface area (Å²) in [6.45, 7) is -0.200. The van der Waals surface area contributed by atoms with E-state index in [2.05, 4.69) is 9.97 Å². The number of fused-ring (bicyclic) bond motifs is 1. The van der Waals surface area contributed by atoms with Crippen molar-refractivity contribution in [2.24, 2.45) is 0 Å². The average Bonchev–Trinajstić information content (AvgIpc) is 2.93. The molecule has 4 N–H and O–H groups in total. The monoisotopic (exact) mass is 250 g/mol. The highest BCUT2D eigenvalue weighted by molar-refractivity contribution is 5.86. The predicted molar refractivity (Wildman–Crippen MR) is 63.6 cm³/mol. The minimum absolute atomic E-state index is 0.200. The van der Waals surface area contributed by atoms with Crippen molar-refractivity contribution in [1.29, 1.82) is 0 Å². The van der Waals surface area contributed by atoms with Crippen molar-refractivity contribution in [1.82, 2.24) is 14.5 Å². The highest BCUT2D eigenvalue weighted by atomic mass is 16.5. The van der Waals surface area contributed by atoms with E-state index < -0.39 is 12.2 Å². The summed E-state index contributed by atoms with van der Waals surface area (Å²) in [4.78, 5) is 8.09. The molecule has 1 aliphatic rings. The SMILES string of the molecule is Nc1ncnc2c1ccn2C1C[C@H](O)[C@@H](CO)O1. The maximum Gasteiger partial charge on any atom is 0.147 e. The van der Waals surface area contributed by atoms with E-state index in [1.165, 1.54) is 6.33 Å². The molecule has 3 rings (SSSR count). The van der Waals surface area contributed by atoms with Crippen LogP contribution in [-0.2, 0) is 4.74 Å². The van der Waals surface area contributed by atoms with Crippen molar-refractivity contribution in [3.05, 3.63) is 18.6 Å². The first kappa shape index (κ1) is 11.4. The summed E-state index contributed by atoms with van der Waals surface area (Å²) >= 11 is 0. The lowest BCUT2D eigenvalue weighted by molar-refractivity contribution is -0.0430. The first-order valence-electron chi connectivity index (χ1n) is 5.72. The zero-order valence-electron chi connectivity index (χ0n) is 9.60. The number of nitrogens with zero attached hydrogens (tertiary/aromatic N) is 3. The second-order valence-corrected chi connectivity index (χ2v) is 4.33. The molecule has 0 saturated carbocycles. The van der Waals surface area contributed by atoms with Gasteiger partial charge in [-0.1, -0.05) is 0 Å². The van der Waals surface area contributed by atoms with E-state index in [1.807, 2.05) is 6.07 Å². The largest absolute Gasteiger partial charge is 0.394 e. The van der Waals surface area contributed by atoms with Gasteiger partial charge in [0.1, 0.15) is 30.1 Å². The number of anilines is 1. The van der Waals surface area contributed by atoms with Gasteiger partial charge in [-0.3, -0.25) is 0 Å². The molecule has 0 radical (unpaired) electrons. The summed E-state index contributed by atoms with van der Waals surface area (Å²) in [5.74, 6) is 0.413. The van der Waals surface area contributed by atoms with Gasteiger partial charge in [0.25, 0.3) is 0 Å². The lowest BCUT2D eigenvalue weighted by Crippen LogP contribution is -2.24. The average molecular weight is 250 g/mol. The number of aliphatic hydroxyl groups excluding tert-OH is 2. The smallest absolute Gasteiger partial charge is 0.147 e. The van der Waals surface area contributed by atoms with Gasteiger partial charge in [0, 0.05) is 12.6 Å². The van der Waals surface area contributed by atoms with Crippen LogP contribution in [0.2, 0.25) is 0 Å². The Bertz CT molecular complexity index is 570. The topological polar surface area (TPSA) is 106 Å². The molecule has 1 fully saturated rings. The van der Waals surface area contributed by atoms with E-state index in [4.69, 9.17) is 15.6 Å². The van der Waals surface area contributed by atoms with E-state index in [9.17, 15) is 5.11 Å². The number of aliphatic hydroxyl groups is 2. The third-order valence-corrected chi connectivity index (χ3v) is 3.23. The third-order valence-electron chi connectivity index (χ3n) is 3.23. The van der Waals surface area contributed by atoms with Crippen molar-refractivity contribution in [2.45, 2.75) is 24.9 Å². The van der Waals surface area contributed by atoms with Crippen LogP contribution in [-0.4, -0.2) is 43.6 Å². The number of aromatic nitrogens is 3. The van der Waals surface area contributed by atoms with Gasteiger partial charge in [-0.15, -0.1) is 0 Å². The summed E-state index contributed by atoms with van der Waals surface area (Å²) in [6, 6.07) is 1.81. The zero-order valence-corrected chi connectivity index (χ0v) is 9.60. The minimum atomic E-state index is -0.670. The second-order valence-electron chi connectivity index (χ2n) is 4.33. The van der Waals surface area contributed by atoms with Gasteiger partial charge >= 0.3 is 0 Å². The van der Waals surface area contributed by atoms with Crippen LogP contribution in [0, 0.1) is 0 Å². The van der Waals surface area contributed by atoms with Gasteiger partial charge in [0.2, 0.25) is 0 Å². The Labute approximate surface area is 103 Å². The molecular weight excluding hydrogens is 236 g/mol. The number of rotatable bonds is 2. The molecule has 1 aliphatic heterocycles. The molecule has 0 spiro atoms. The van der Waals surface area contributed by atoms with Gasteiger partial charge in [-0.25, -0.2) is 9.97 Å². The molecule has 0 aliphatic carbocycles. The quantitative estimate of drug-likeness (QED) is 0.673. The molecule has 1 saturated heterocycles. The Hall–Kier alpha value is -1.70. The third kappa shape index (κ3) is 1.64. The molecule has 0 bridgehead atoms. The van der Waals surface area contributed by atoms with Gasteiger partial charge in [-0.05, 0) is 6.07 Å². The van der Waals surface area contributed by atoms with Gasteiger partial charge in [0.15, 0.2) is 0 Å². The van der Waals surface area contributed by atoms with E-state index in [0.717, 1.165) is 5.39 Å². The van der Waals surface area contributed by atoms with Gasteiger partial charge < -0.3 is 25.3 Å². The number of nitrogens with two attached hydrogens (primary N) is 1. The lowest BCUT2D eigenvalue weighted by atomic mass is 10.2. The number of hydrogen-bond donors (Lipinski definition) is 3. The second kappa shape index (κ2) is 4.20. The predicted octanol–water partition coefficient (Wildman–Crippen LogP) is -0.346. The molecule has 3 heterocycles. The van der Waals surface area contributed by atoms with Crippen LogP contribution >= 0.6 is 0 Å². The minimum Gasteiger partial charge on any atom is -0.394 e. The van der Waals surface area contributed by atoms with Crippen LogP contribution in [0.25, 0.3) is 11.0 Å². The van der Waals surface area contributed by atoms with Crippen molar-refractivity contribution < 1.29 is 14.9 Å². The first-order chi connectivity index (χ1) is 8.70. The highest BCUT2D eigenvalue weighted by Gasteiger charge is 2.34. The van der Waals surface area contributed by atoms with Crippen LogP contribution < -0.4 is 5.73 Å². The summed E-state index contributed by atoms with van der Waals surface area (Å²) in [7, 11) is 0. The molecule has 2 aromatic rings. The molecule has 0 amide bonds. The maximum atomic E-state index is 9.73. The van der Waals surface area contributed by atoms with Crippen LogP contribution in [0.15, 0.2) is 18.6 Å². The first-order valence-corrected chi connectivity index (χ1v) is 5.72. The molecule has 7 heteroatoms. The number of nitrogen functional groups attached to an aromatic ring is 1. The summed E-state index contributed by atoms with van der Waals surface area (Å²) in [6.07, 6.45) is 2.04. The molecule has 7 nitrogen and oxygen atoms in total. The van der Waals surface area contributed by atoms with Crippen molar-refractivity contribution in [2.75, 3.05) is 12.3 Å². The maximum absolute atomic E-state index is 9.73. The zero-order chi connectivity index (χ0) is 12.7. The van der Waals surface area contributed by atoms with E-state index in [-0.39, 0.29) is 12.8 Å². The van der Waals surface area contributed by atoms with Gasteiger partial charge in [-0.2, -0.15) is 0 Å².